The summed E-state index contributed by atoms with van der Waals surface area (Å²) >= 11 is 0. The van der Waals surface area contributed by atoms with E-state index < -0.39 is 0 Å². The molecule has 0 bridgehead atoms. The topological polar surface area (TPSA) is 41.6 Å². The van der Waals surface area contributed by atoms with E-state index in [4.69, 9.17) is 4.74 Å². The third kappa shape index (κ3) is 4.58. The predicted octanol–water partition coefficient (Wildman–Crippen LogP) is 3.50. The highest BCUT2D eigenvalue weighted by atomic mass is 16.5. The van der Waals surface area contributed by atoms with Crippen LogP contribution in [0.1, 0.15) is 44.7 Å². The van der Waals surface area contributed by atoms with Crippen molar-refractivity contribution in [2.24, 2.45) is 5.92 Å². The minimum absolute atomic E-state index is 0.0544. The van der Waals surface area contributed by atoms with E-state index in [-0.39, 0.29) is 18.1 Å². The zero-order valence-electron chi connectivity index (χ0n) is 15.8. The second kappa shape index (κ2) is 8.63. The molecule has 134 valence electrons. The van der Waals surface area contributed by atoms with Crippen LogP contribution >= 0.6 is 0 Å². The van der Waals surface area contributed by atoms with Crippen LogP contribution in [0, 0.1) is 5.92 Å². The van der Waals surface area contributed by atoms with Gasteiger partial charge in [-0.1, -0.05) is 32.0 Å². The maximum absolute atomic E-state index is 12.8. The Kier molecular flexibility index (Phi) is 6.81. The van der Waals surface area contributed by atoms with Gasteiger partial charge in [-0.05, 0) is 56.7 Å². The number of ether oxygens (including phenoxy) is 1. The Balaban J connectivity index is 2.03. The number of benzene rings is 1. The first-order valence-corrected chi connectivity index (χ1v) is 9.16. The highest BCUT2D eigenvalue weighted by Gasteiger charge is 2.33. The lowest BCUT2D eigenvalue weighted by molar-refractivity contribution is -0.120. The Bertz CT molecular complexity index is 532. The zero-order chi connectivity index (χ0) is 17.7. The smallest absolute Gasteiger partial charge is 0.241 e. The summed E-state index contributed by atoms with van der Waals surface area (Å²) in [5.41, 5.74) is 3.40. The molecule has 0 spiro atoms. The number of hydrogen-bond acceptors (Lipinski definition) is 3. The van der Waals surface area contributed by atoms with E-state index in [1.807, 2.05) is 14.0 Å². The molecule has 0 aliphatic heterocycles. The lowest BCUT2D eigenvalue weighted by Gasteiger charge is -2.28. The third-order valence-corrected chi connectivity index (χ3v) is 5.21. The van der Waals surface area contributed by atoms with Crippen LogP contribution in [0.4, 0.5) is 5.69 Å². The molecule has 0 saturated heterocycles. The number of likely N-dealkylation sites (N-methyl/N-ethyl adjacent to an activating group) is 1. The summed E-state index contributed by atoms with van der Waals surface area (Å²) in [6.45, 7) is 7.01. The molecule has 0 heterocycles. The first kappa shape index (κ1) is 18.9. The molecule has 2 unspecified atom stereocenters. The van der Waals surface area contributed by atoms with Gasteiger partial charge >= 0.3 is 0 Å². The lowest BCUT2D eigenvalue weighted by atomic mass is 10.0. The molecule has 1 saturated carbocycles. The summed E-state index contributed by atoms with van der Waals surface area (Å²) in [6, 6.07) is 6.08. The average molecular weight is 332 g/mol. The largest absolute Gasteiger partial charge is 0.380 e. The van der Waals surface area contributed by atoms with E-state index in [2.05, 4.69) is 42.3 Å². The fraction of sp³-hybridized carbons (Fsp3) is 0.650. The molecule has 0 radical (unpaired) electrons. The number of nitrogens with zero attached hydrogens (tertiary/aromatic N) is 1. The standard InChI is InChI=1S/C20H32N2O2/c1-6-15-9-8-10-16(7-2)19(15)21-20(23)14(3)22(4)13-18(24-5)17-11-12-17/h8-10,14,17-18H,6-7,11-13H2,1-5H3,(H,21,23). The third-order valence-electron chi connectivity index (χ3n) is 5.21. The SMILES string of the molecule is CCc1cccc(CC)c1NC(=O)C(C)N(C)CC(OC)C1CC1. The second-order valence-corrected chi connectivity index (χ2v) is 6.87. The summed E-state index contributed by atoms with van der Waals surface area (Å²) in [5.74, 6) is 0.721. The van der Waals surface area contributed by atoms with Crippen LogP contribution in [0.25, 0.3) is 0 Å². The predicted molar refractivity (Wildman–Crippen MR) is 99.4 cm³/mol. The van der Waals surface area contributed by atoms with Gasteiger partial charge in [0.1, 0.15) is 0 Å². The first-order valence-electron chi connectivity index (χ1n) is 9.16. The highest BCUT2D eigenvalue weighted by molar-refractivity contribution is 5.96. The molecule has 1 aliphatic carbocycles. The molecule has 24 heavy (non-hydrogen) atoms. The number of para-hydroxylation sites is 1. The van der Waals surface area contributed by atoms with Gasteiger partial charge in [0, 0.05) is 19.3 Å². The van der Waals surface area contributed by atoms with Crippen molar-refractivity contribution in [3.05, 3.63) is 29.3 Å². The molecule has 1 amide bonds. The van der Waals surface area contributed by atoms with E-state index in [0.29, 0.717) is 5.92 Å². The zero-order valence-corrected chi connectivity index (χ0v) is 15.8. The van der Waals surface area contributed by atoms with E-state index in [9.17, 15) is 4.79 Å². The molecule has 4 nitrogen and oxygen atoms in total. The molecule has 2 atom stereocenters. The van der Waals surface area contributed by atoms with Crippen molar-refractivity contribution in [3.63, 3.8) is 0 Å². The van der Waals surface area contributed by atoms with Gasteiger partial charge in [-0.25, -0.2) is 0 Å². The second-order valence-electron chi connectivity index (χ2n) is 6.87. The van der Waals surface area contributed by atoms with E-state index in [1.165, 1.54) is 24.0 Å². The monoisotopic (exact) mass is 332 g/mol. The van der Waals surface area contributed by atoms with Gasteiger partial charge in [0.25, 0.3) is 0 Å². The summed E-state index contributed by atoms with van der Waals surface area (Å²) in [4.78, 5) is 14.9. The summed E-state index contributed by atoms with van der Waals surface area (Å²) in [6.07, 6.45) is 4.56. The van der Waals surface area contributed by atoms with E-state index in [0.717, 1.165) is 25.1 Å². The van der Waals surface area contributed by atoms with Gasteiger partial charge in [-0.15, -0.1) is 0 Å². The van der Waals surface area contributed by atoms with Crippen molar-refractivity contribution >= 4 is 11.6 Å². The number of rotatable bonds is 9. The van der Waals surface area contributed by atoms with Crippen LogP contribution in [0.15, 0.2) is 18.2 Å². The number of nitrogens with one attached hydrogen (secondary N) is 1. The molecule has 1 fully saturated rings. The Labute approximate surface area is 146 Å². The highest BCUT2D eigenvalue weighted by Crippen LogP contribution is 2.34. The normalized spacial score (nSPS) is 16.9. The maximum atomic E-state index is 12.8. The Morgan fingerprint density at radius 1 is 1.29 bits per heavy atom. The summed E-state index contributed by atoms with van der Waals surface area (Å²) < 4.78 is 5.59. The maximum Gasteiger partial charge on any atom is 0.241 e. The van der Waals surface area contributed by atoms with Gasteiger partial charge in [0.2, 0.25) is 5.91 Å². The van der Waals surface area contributed by atoms with Crippen molar-refractivity contribution in [1.29, 1.82) is 0 Å². The molecule has 1 aromatic rings. The van der Waals surface area contributed by atoms with Gasteiger partial charge < -0.3 is 10.1 Å². The van der Waals surface area contributed by atoms with E-state index in [1.54, 1.807) is 7.11 Å². The average Bonchev–Trinajstić information content (AvgIpc) is 3.43. The van der Waals surface area contributed by atoms with Gasteiger partial charge in [0.05, 0.1) is 12.1 Å². The van der Waals surface area contributed by atoms with Crippen LogP contribution in [-0.4, -0.2) is 43.7 Å². The Hall–Kier alpha value is -1.39. The number of methoxy groups -OCH3 is 1. The molecule has 1 aliphatic rings. The number of carbonyl (C=O) groups excluding carboxylic acids is 1. The molecule has 4 heteroatoms. The van der Waals surface area contributed by atoms with Crippen LogP contribution in [-0.2, 0) is 22.4 Å². The van der Waals surface area contributed by atoms with Crippen molar-refractivity contribution < 1.29 is 9.53 Å². The van der Waals surface area contributed by atoms with Gasteiger partial charge in [-0.3, -0.25) is 9.69 Å². The fourth-order valence-electron chi connectivity index (χ4n) is 3.16. The molecule has 2 rings (SSSR count). The van der Waals surface area contributed by atoms with Crippen molar-refractivity contribution in [3.8, 4) is 0 Å². The fourth-order valence-corrected chi connectivity index (χ4v) is 3.16. The molecular formula is C20H32N2O2. The molecule has 0 aromatic heterocycles. The quantitative estimate of drug-likeness (QED) is 0.752. The summed E-state index contributed by atoms with van der Waals surface area (Å²) in [7, 11) is 3.78. The molecular weight excluding hydrogens is 300 g/mol. The van der Waals surface area contributed by atoms with Crippen molar-refractivity contribution in [2.75, 3.05) is 26.0 Å². The Morgan fingerprint density at radius 3 is 2.33 bits per heavy atom. The number of anilines is 1. The minimum atomic E-state index is -0.184. The minimum Gasteiger partial charge on any atom is -0.380 e. The number of aryl methyl sites for hydroxylation is 2. The molecule has 1 aromatic carbocycles. The van der Waals surface area contributed by atoms with Crippen LogP contribution in [0.3, 0.4) is 0 Å². The number of hydrogen-bond donors (Lipinski definition) is 1. The van der Waals surface area contributed by atoms with Crippen molar-refractivity contribution in [1.82, 2.24) is 4.90 Å². The lowest BCUT2D eigenvalue weighted by Crippen LogP contribution is -2.44. The molecule has 1 N–H and O–H groups in total. The number of amides is 1. The first-order chi connectivity index (χ1) is 11.5. The van der Waals surface area contributed by atoms with Gasteiger partial charge in [0.15, 0.2) is 0 Å². The van der Waals surface area contributed by atoms with Crippen LogP contribution in [0.5, 0.6) is 0 Å². The van der Waals surface area contributed by atoms with Gasteiger partial charge in [-0.2, -0.15) is 0 Å². The Morgan fingerprint density at radius 2 is 1.88 bits per heavy atom. The number of carbonyl (C=O) groups is 1. The van der Waals surface area contributed by atoms with Crippen LogP contribution < -0.4 is 5.32 Å². The van der Waals surface area contributed by atoms with E-state index >= 15 is 0 Å². The summed E-state index contributed by atoms with van der Waals surface area (Å²) in [5, 5.41) is 3.18. The van der Waals surface area contributed by atoms with Crippen molar-refractivity contribution in [2.45, 2.75) is 58.6 Å². The van der Waals surface area contributed by atoms with Crippen LogP contribution in [0.2, 0.25) is 0 Å².